The molecule has 5 N–H and O–H groups in total. The average molecular weight is 319 g/mol. The first-order valence-electron chi connectivity index (χ1n) is 7.49. The van der Waals surface area contributed by atoms with E-state index in [1.807, 2.05) is 45.0 Å². The molecule has 0 aliphatic rings. The number of nitrogens with zero attached hydrogens (tertiary/aromatic N) is 4. The summed E-state index contributed by atoms with van der Waals surface area (Å²) >= 11 is 0. The van der Waals surface area contributed by atoms with Gasteiger partial charge in [0.05, 0.1) is 0 Å². The number of hydrazine groups is 1. The Bertz CT molecular complexity index is 531. The van der Waals surface area contributed by atoms with Crippen LogP contribution >= 0.6 is 0 Å². The van der Waals surface area contributed by atoms with Gasteiger partial charge in [0.1, 0.15) is 0 Å². The Morgan fingerprint density at radius 1 is 1.09 bits per heavy atom. The van der Waals surface area contributed by atoms with Gasteiger partial charge in [-0.25, -0.2) is 0 Å². The molecule has 1 aromatic heterocycles. The summed E-state index contributed by atoms with van der Waals surface area (Å²) in [6.07, 6.45) is 2.71. The Hall–Kier alpha value is -2.45. The number of amides is 1. The van der Waals surface area contributed by atoms with Gasteiger partial charge < -0.3 is 5.32 Å². The number of benzene rings is 1. The fraction of sp³-hybridized carbons (Fsp3) is 0.400. The molecule has 0 spiro atoms. The molecule has 126 valence electrons. The van der Waals surface area contributed by atoms with E-state index in [1.165, 1.54) is 6.33 Å². The number of nitrogens with two attached hydrogens (primary N) is 2. The smallest absolute Gasteiger partial charge is 0.220 e. The van der Waals surface area contributed by atoms with Gasteiger partial charge >= 0.3 is 0 Å². The molecule has 0 saturated carbocycles. The molecule has 0 fully saturated rings. The van der Waals surface area contributed by atoms with Crippen molar-refractivity contribution in [2.45, 2.75) is 40.2 Å². The molecular weight excluding hydrogens is 294 g/mol. The van der Waals surface area contributed by atoms with Crippen LogP contribution in [-0.4, -0.2) is 26.3 Å². The zero-order valence-corrected chi connectivity index (χ0v) is 13.9. The van der Waals surface area contributed by atoms with Crippen LogP contribution in [0.2, 0.25) is 0 Å². The van der Waals surface area contributed by atoms with Crippen LogP contribution in [-0.2, 0) is 11.3 Å². The van der Waals surface area contributed by atoms with E-state index in [0.717, 1.165) is 17.5 Å². The third kappa shape index (κ3) is 7.93. The van der Waals surface area contributed by atoms with Gasteiger partial charge in [-0.2, -0.15) is 0 Å². The molecule has 1 heterocycles. The van der Waals surface area contributed by atoms with Crippen LogP contribution in [0.1, 0.15) is 39.2 Å². The quantitative estimate of drug-likeness (QED) is 0.557. The van der Waals surface area contributed by atoms with Gasteiger partial charge in [-0.05, 0) is 12.0 Å². The molecule has 2 aromatic rings. The van der Waals surface area contributed by atoms with Crippen LogP contribution in [0.3, 0.4) is 0 Å². The van der Waals surface area contributed by atoms with Gasteiger partial charge in [0.2, 0.25) is 11.7 Å². The molecule has 0 radical (unpaired) electrons. The predicted molar refractivity (Wildman–Crippen MR) is 89.5 cm³/mol. The SMILES string of the molecule is CC.CCCC(=O)NCc1ccc(-c2nncnn2)cc1.NN. The fourth-order valence-electron chi connectivity index (χ4n) is 1.61. The van der Waals surface area contributed by atoms with Gasteiger partial charge in [-0.15, -0.1) is 20.4 Å². The van der Waals surface area contributed by atoms with Crippen LogP contribution in [0.15, 0.2) is 30.6 Å². The molecule has 0 unspecified atom stereocenters. The van der Waals surface area contributed by atoms with Crippen molar-refractivity contribution < 1.29 is 4.79 Å². The molecule has 0 saturated heterocycles. The van der Waals surface area contributed by atoms with Gasteiger partial charge in [0, 0.05) is 18.5 Å². The molecule has 0 aliphatic carbocycles. The third-order valence-electron chi connectivity index (χ3n) is 2.59. The van der Waals surface area contributed by atoms with E-state index in [4.69, 9.17) is 0 Å². The second kappa shape index (κ2) is 13.2. The standard InChI is InChI=1S/C13H15N5O.C2H6.H4N2/c1-2-3-12(19)14-8-10-4-6-11(7-5-10)13-17-15-9-16-18-13;2*1-2/h4-7,9H,2-3,8H2,1H3,(H,14,19);1-2H3;1-2H2. The first kappa shape index (κ1) is 20.6. The number of carbonyl (C=O) groups excluding carboxylic acids is 1. The predicted octanol–water partition coefficient (Wildman–Crippen LogP) is 1.19. The van der Waals surface area contributed by atoms with Gasteiger partial charge in [-0.3, -0.25) is 16.5 Å². The minimum Gasteiger partial charge on any atom is -0.352 e. The highest BCUT2D eigenvalue weighted by Crippen LogP contribution is 2.13. The normalized spacial score (nSPS) is 8.91. The fourth-order valence-corrected chi connectivity index (χ4v) is 1.61. The Labute approximate surface area is 136 Å². The van der Waals surface area contributed by atoms with Crippen molar-refractivity contribution >= 4 is 5.91 Å². The maximum atomic E-state index is 11.4. The lowest BCUT2D eigenvalue weighted by molar-refractivity contribution is -0.121. The molecule has 0 aliphatic heterocycles. The topological polar surface area (TPSA) is 133 Å². The maximum absolute atomic E-state index is 11.4. The van der Waals surface area contributed by atoms with E-state index < -0.39 is 0 Å². The molecule has 1 amide bonds. The highest BCUT2D eigenvalue weighted by molar-refractivity contribution is 5.75. The molecule has 23 heavy (non-hydrogen) atoms. The molecule has 8 nitrogen and oxygen atoms in total. The van der Waals surface area contributed by atoms with Gasteiger partial charge in [0.25, 0.3) is 0 Å². The van der Waals surface area contributed by atoms with Crippen molar-refractivity contribution in [2.24, 2.45) is 11.7 Å². The lowest BCUT2D eigenvalue weighted by atomic mass is 10.1. The number of aromatic nitrogens is 4. The van der Waals surface area contributed by atoms with Crippen LogP contribution in [0.5, 0.6) is 0 Å². The summed E-state index contributed by atoms with van der Waals surface area (Å²) < 4.78 is 0. The van der Waals surface area contributed by atoms with E-state index >= 15 is 0 Å². The Kier molecular flexibility index (Phi) is 11.8. The minimum atomic E-state index is 0.0753. The number of hydrogen-bond donors (Lipinski definition) is 3. The number of nitrogens with one attached hydrogen (secondary N) is 1. The summed E-state index contributed by atoms with van der Waals surface area (Å²) in [4.78, 5) is 11.4. The van der Waals surface area contributed by atoms with Crippen molar-refractivity contribution in [3.63, 3.8) is 0 Å². The van der Waals surface area contributed by atoms with Crippen molar-refractivity contribution in [3.8, 4) is 11.4 Å². The largest absolute Gasteiger partial charge is 0.352 e. The highest BCUT2D eigenvalue weighted by atomic mass is 16.1. The Morgan fingerprint density at radius 3 is 2.17 bits per heavy atom. The van der Waals surface area contributed by atoms with Crippen molar-refractivity contribution in [1.82, 2.24) is 25.7 Å². The second-order valence-electron chi connectivity index (χ2n) is 4.09. The number of rotatable bonds is 5. The first-order valence-corrected chi connectivity index (χ1v) is 7.49. The van der Waals surface area contributed by atoms with Crippen LogP contribution in [0.25, 0.3) is 11.4 Å². The molecular formula is C15H25N7O. The summed E-state index contributed by atoms with van der Waals surface area (Å²) in [6, 6.07) is 7.63. The van der Waals surface area contributed by atoms with Crippen LogP contribution in [0.4, 0.5) is 0 Å². The van der Waals surface area contributed by atoms with Crippen molar-refractivity contribution in [3.05, 3.63) is 36.2 Å². The van der Waals surface area contributed by atoms with E-state index in [1.54, 1.807) is 0 Å². The van der Waals surface area contributed by atoms with E-state index in [0.29, 0.717) is 18.8 Å². The summed E-state index contributed by atoms with van der Waals surface area (Å²) in [7, 11) is 0. The lowest BCUT2D eigenvalue weighted by Crippen LogP contribution is -2.21. The number of carbonyl (C=O) groups is 1. The van der Waals surface area contributed by atoms with Crippen molar-refractivity contribution in [2.75, 3.05) is 0 Å². The zero-order valence-electron chi connectivity index (χ0n) is 13.9. The molecule has 0 atom stereocenters. The first-order chi connectivity index (χ1) is 11.3. The molecule has 8 heteroatoms. The zero-order chi connectivity index (χ0) is 17.5. The molecule has 2 rings (SSSR count). The summed E-state index contributed by atoms with van der Waals surface area (Å²) in [5.41, 5.74) is 1.88. The van der Waals surface area contributed by atoms with E-state index in [2.05, 4.69) is 37.4 Å². The van der Waals surface area contributed by atoms with E-state index in [-0.39, 0.29) is 5.91 Å². The minimum absolute atomic E-state index is 0.0753. The summed E-state index contributed by atoms with van der Waals surface area (Å²) in [5.74, 6) is 8.57. The van der Waals surface area contributed by atoms with Crippen LogP contribution < -0.4 is 17.0 Å². The summed E-state index contributed by atoms with van der Waals surface area (Å²) in [6.45, 7) is 6.52. The maximum Gasteiger partial charge on any atom is 0.220 e. The van der Waals surface area contributed by atoms with Crippen LogP contribution in [0, 0.1) is 0 Å². The Morgan fingerprint density at radius 2 is 1.65 bits per heavy atom. The highest BCUT2D eigenvalue weighted by Gasteiger charge is 2.03. The lowest BCUT2D eigenvalue weighted by Gasteiger charge is -2.05. The Balaban J connectivity index is 0.00000112. The van der Waals surface area contributed by atoms with Gasteiger partial charge in [-0.1, -0.05) is 45.0 Å². The van der Waals surface area contributed by atoms with Crippen molar-refractivity contribution in [1.29, 1.82) is 0 Å². The number of hydrogen-bond acceptors (Lipinski definition) is 7. The second-order valence-corrected chi connectivity index (χ2v) is 4.09. The third-order valence-corrected chi connectivity index (χ3v) is 2.59. The monoisotopic (exact) mass is 319 g/mol. The average Bonchev–Trinajstić information content (AvgIpc) is 2.65. The van der Waals surface area contributed by atoms with Gasteiger partial charge in [0.15, 0.2) is 6.33 Å². The molecule has 1 aromatic carbocycles. The molecule has 0 bridgehead atoms. The van der Waals surface area contributed by atoms with E-state index in [9.17, 15) is 4.79 Å². The summed E-state index contributed by atoms with van der Waals surface area (Å²) in [5, 5.41) is 18.0.